The fourth-order valence-corrected chi connectivity index (χ4v) is 5.29. The molecule has 0 aromatic rings. The van der Waals surface area contributed by atoms with Gasteiger partial charge in [0, 0.05) is 17.1 Å². The molecule has 0 aromatic heterocycles. The molecule has 0 heterocycles. The van der Waals surface area contributed by atoms with Crippen LogP contribution in [0.4, 0.5) is 0 Å². The Bertz CT molecular complexity index is 119. The summed E-state index contributed by atoms with van der Waals surface area (Å²) in [5, 5.41) is 0. The molecule has 0 unspecified atom stereocenters. The summed E-state index contributed by atoms with van der Waals surface area (Å²) in [6.45, 7) is 0. The molecular weight excluding hydrogens is 184 g/mol. The van der Waals surface area contributed by atoms with E-state index in [1.54, 1.807) is 0 Å². The van der Waals surface area contributed by atoms with Crippen LogP contribution in [0, 0.1) is 47.3 Å². The van der Waals surface area contributed by atoms with Crippen molar-refractivity contribution in [3.63, 3.8) is 0 Å². The first-order valence-electron chi connectivity index (χ1n) is 4.00. The Balaban J connectivity index is 0.000000180. The minimum absolute atomic E-state index is 0. The van der Waals surface area contributed by atoms with Gasteiger partial charge in [0.2, 0.25) is 0 Å². The fraction of sp³-hybridized carbons (Fsp3) is 1.00. The molecule has 0 aliphatic heterocycles. The van der Waals surface area contributed by atoms with Crippen LogP contribution in [0.5, 0.6) is 0 Å². The second-order valence-electron chi connectivity index (χ2n) is 4.62. The van der Waals surface area contributed by atoms with Gasteiger partial charge in [0.1, 0.15) is 0 Å². The Hall–Kier alpha value is 0.869. The van der Waals surface area contributed by atoms with Crippen molar-refractivity contribution in [3.8, 4) is 0 Å². The van der Waals surface area contributed by atoms with Crippen LogP contribution in [-0.4, -0.2) is 0 Å². The number of hydrogen-bond acceptors (Lipinski definition) is 0. The molecule has 6 rings (SSSR count). The van der Waals surface area contributed by atoms with Crippen molar-refractivity contribution in [2.45, 2.75) is 0 Å². The van der Waals surface area contributed by atoms with Crippen LogP contribution in [0.2, 0.25) is 0 Å². The summed E-state index contributed by atoms with van der Waals surface area (Å²) in [5.41, 5.74) is 0. The fourth-order valence-electron chi connectivity index (χ4n) is 5.29. The van der Waals surface area contributed by atoms with Crippen LogP contribution in [0.1, 0.15) is 0 Å². The third-order valence-corrected chi connectivity index (χ3v) is 5.33. The molecule has 0 aromatic carbocycles. The minimum atomic E-state index is 0. The standard InChI is InChI=1S/C8H8.Fe.H2S/c1-2-5-3(1)7-4(1)6(2)8(5)7;;/h1-8H;;1H2. The molecule has 0 N–H and O–H groups in total. The van der Waals surface area contributed by atoms with Gasteiger partial charge in [0.25, 0.3) is 0 Å². The first-order valence-corrected chi connectivity index (χ1v) is 4.00. The summed E-state index contributed by atoms with van der Waals surface area (Å²) in [6.07, 6.45) is 0. The summed E-state index contributed by atoms with van der Waals surface area (Å²) < 4.78 is 0. The zero-order valence-electron chi connectivity index (χ0n) is 5.47. The Kier molecular flexibility index (Phi) is 0.802. The summed E-state index contributed by atoms with van der Waals surface area (Å²) in [5.74, 6) is 10.7. The Morgan fingerprint density at radius 2 is 0.500 bits per heavy atom. The molecule has 0 atom stereocenters. The summed E-state index contributed by atoms with van der Waals surface area (Å²) >= 11 is 0. The Morgan fingerprint density at radius 1 is 0.400 bits per heavy atom. The molecule has 6 aliphatic rings. The predicted molar refractivity (Wildman–Crippen MR) is 38.3 cm³/mol. The minimum Gasteiger partial charge on any atom is -0.197 e. The van der Waals surface area contributed by atoms with Crippen LogP contribution in [0.25, 0.3) is 0 Å². The molecule has 6 aliphatic carbocycles. The van der Waals surface area contributed by atoms with Crippen LogP contribution >= 0.6 is 13.5 Å². The molecule has 0 amide bonds. The summed E-state index contributed by atoms with van der Waals surface area (Å²) in [4.78, 5) is 0. The van der Waals surface area contributed by atoms with E-state index in [1.807, 2.05) is 0 Å². The zero-order chi connectivity index (χ0) is 4.62. The molecule has 6 saturated carbocycles. The van der Waals surface area contributed by atoms with Crippen molar-refractivity contribution < 1.29 is 17.1 Å². The normalized spacial score (nSPS) is 86.4. The molecule has 0 spiro atoms. The summed E-state index contributed by atoms with van der Waals surface area (Å²) in [6, 6.07) is 0. The van der Waals surface area contributed by atoms with E-state index >= 15 is 0 Å². The Morgan fingerprint density at radius 3 is 0.600 bits per heavy atom. The molecule has 0 bridgehead atoms. The van der Waals surface area contributed by atoms with E-state index in [0.717, 1.165) is 0 Å². The summed E-state index contributed by atoms with van der Waals surface area (Å²) in [7, 11) is 0. The topological polar surface area (TPSA) is 0 Å². The molecular formula is C8H10FeS. The maximum absolute atomic E-state index is 1.33. The second-order valence-corrected chi connectivity index (χ2v) is 4.62. The van der Waals surface area contributed by atoms with Gasteiger partial charge in [-0.3, -0.25) is 0 Å². The van der Waals surface area contributed by atoms with E-state index in [2.05, 4.69) is 0 Å². The van der Waals surface area contributed by atoms with E-state index in [-0.39, 0.29) is 30.6 Å². The van der Waals surface area contributed by atoms with Gasteiger partial charge < -0.3 is 0 Å². The van der Waals surface area contributed by atoms with Crippen molar-refractivity contribution in [1.82, 2.24) is 0 Å². The van der Waals surface area contributed by atoms with Gasteiger partial charge in [-0.15, -0.1) is 0 Å². The predicted octanol–water partition coefficient (Wildman–Crippen LogP) is 1.09. The van der Waals surface area contributed by atoms with Crippen molar-refractivity contribution in [3.05, 3.63) is 0 Å². The smallest absolute Gasteiger partial charge is 0 e. The van der Waals surface area contributed by atoms with Crippen LogP contribution in [0.15, 0.2) is 0 Å². The number of rotatable bonds is 0. The van der Waals surface area contributed by atoms with Gasteiger partial charge in [-0.05, 0) is 47.3 Å². The average molecular weight is 194 g/mol. The molecule has 10 heavy (non-hydrogen) atoms. The van der Waals surface area contributed by atoms with E-state index in [9.17, 15) is 0 Å². The monoisotopic (exact) mass is 194 g/mol. The molecule has 0 nitrogen and oxygen atoms in total. The van der Waals surface area contributed by atoms with Gasteiger partial charge >= 0.3 is 0 Å². The van der Waals surface area contributed by atoms with Gasteiger partial charge in [-0.25, -0.2) is 0 Å². The third kappa shape index (κ3) is 0.230. The second kappa shape index (κ2) is 1.26. The van der Waals surface area contributed by atoms with Crippen LogP contribution < -0.4 is 0 Å². The quantitative estimate of drug-likeness (QED) is 0.506. The van der Waals surface area contributed by atoms with E-state index in [1.165, 1.54) is 47.3 Å². The third-order valence-electron chi connectivity index (χ3n) is 5.33. The molecule has 6 fully saturated rings. The molecule has 0 radical (unpaired) electrons. The SMILES string of the molecule is C12C3C4C1C1C2C3C41.S.[Fe]. The Labute approximate surface area is 78.1 Å². The van der Waals surface area contributed by atoms with Gasteiger partial charge in [-0.2, -0.15) is 13.5 Å². The first-order chi connectivity index (χ1) is 4.00. The van der Waals surface area contributed by atoms with Crippen molar-refractivity contribution >= 4 is 13.5 Å². The average Bonchev–Trinajstić information content (AvgIpc) is 1.90. The number of hydrogen-bond donors (Lipinski definition) is 0. The largest absolute Gasteiger partial charge is 0.197 e. The van der Waals surface area contributed by atoms with E-state index in [0.29, 0.717) is 0 Å². The van der Waals surface area contributed by atoms with Crippen molar-refractivity contribution in [2.24, 2.45) is 47.3 Å². The van der Waals surface area contributed by atoms with Crippen molar-refractivity contribution in [2.75, 3.05) is 0 Å². The van der Waals surface area contributed by atoms with Gasteiger partial charge in [-0.1, -0.05) is 0 Å². The molecule has 2 heteroatoms. The zero-order valence-corrected chi connectivity index (χ0v) is 7.58. The maximum atomic E-state index is 1.33. The first kappa shape index (κ1) is 6.39. The van der Waals surface area contributed by atoms with Crippen molar-refractivity contribution in [1.29, 1.82) is 0 Å². The van der Waals surface area contributed by atoms with Crippen LogP contribution in [0.3, 0.4) is 0 Å². The molecule has 0 saturated heterocycles. The van der Waals surface area contributed by atoms with Gasteiger partial charge in [0.05, 0.1) is 0 Å². The van der Waals surface area contributed by atoms with Gasteiger partial charge in [0.15, 0.2) is 0 Å². The van der Waals surface area contributed by atoms with Crippen LogP contribution in [-0.2, 0) is 17.1 Å². The van der Waals surface area contributed by atoms with E-state index < -0.39 is 0 Å². The molecule has 56 valence electrons. The maximum Gasteiger partial charge on any atom is 0 e. The van der Waals surface area contributed by atoms with E-state index in [4.69, 9.17) is 0 Å².